The zero-order valence-electron chi connectivity index (χ0n) is 3.51. The van der Waals surface area contributed by atoms with Crippen LogP contribution in [0.4, 0.5) is 0 Å². The maximum atomic E-state index is 9.82. The van der Waals surface area contributed by atoms with Gasteiger partial charge in [-0.2, -0.15) is 0 Å². The van der Waals surface area contributed by atoms with Crippen molar-refractivity contribution in [3.05, 3.63) is 12.2 Å². The Labute approximate surface area is 42.5 Å². The van der Waals surface area contributed by atoms with Gasteiger partial charge in [-0.05, 0) is 13.0 Å². The second kappa shape index (κ2) is 2.97. The van der Waals surface area contributed by atoms with Crippen LogP contribution in [0.3, 0.4) is 0 Å². The van der Waals surface area contributed by atoms with Gasteiger partial charge in [0.15, 0.2) is 0 Å². The molecule has 0 saturated heterocycles. The molecule has 0 bridgehead atoms. The van der Waals surface area contributed by atoms with Crippen LogP contribution in [0.25, 0.3) is 0 Å². The topological polar surface area (TPSA) is 17.1 Å². The first-order valence-corrected chi connectivity index (χ1v) is 2.07. The Kier molecular flexibility index (Phi) is 2.85. The number of allylic oxidation sites excluding steroid dienone is 1. The van der Waals surface area contributed by atoms with Gasteiger partial charge < -0.3 is 0 Å². The third kappa shape index (κ3) is 3.76. The van der Waals surface area contributed by atoms with Crippen molar-refractivity contribution < 1.29 is 4.79 Å². The van der Waals surface area contributed by atoms with Gasteiger partial charge in [-0.3, -0.25) is 4.79 Å². The highest BCUT2D eigenvalue weighted by molar-refractivity contribution is 7.97. The average Bonchev–Trinajstić information content (AvgIpc) is 1.35. The van der Waals surface area contributed by atoms with Gasteiger partial charge in [0, 0.05) is 0 Å². The van der Waals surface area contributed by atoms with Gasteiger partial charge in [-0.15, -0.1) is 12.6 Å². The van der Waals surface area contributed by atoms with Crippen molar-refractivity contribution in [1.29, 1.82) is 0 Å². The standard InChI is InChI=1S/C4H6OS/c1-2-3-4(5)6/h2-3H,1H3,(H,5,6)/b3-2+. The molecule has 0 spiro atoms. The number of hydrogen-bond acceptors (Lipinski definition) is 1. The molecule has 0 aromatic rings. The predicted octanol–water partition coefficient (Wildman–Crippen LogP) is 1.02. The van der Waals surface area contributed by atoms with E-state index in [9.17, 15) is 4.79 Å². The molecule has 6 heavy (non-hydrogen) atoms. The zero-order chi connectivity index (χ0) is 4.99. The molecular weight excluding hydrogens is 96.1 g/mol. The van der Waals surface area contributed by atoms with Crippen LogP contribution in [-0.4, -0.2) is 5.12 Å². The Balaban J connectivity index is 3.30. The maximum absolute atomic E-state index is 9.82. The van der Waals surface area contributed by atoms with E-state index in [4.69, 9.17) is 0 Å². The van der Waals surface area contributed by atoms with E-state index in [-0.39, 0.29) is 5.12 Å². The molecule has 0 rings (SSSR count). The van der Waals surface area contributed by atoms with Gasteiger partial charge >= 0.3 is 0 Å². The molecule has 1 nitrogen and oxygen atoms in total. The molecule has 2 heteroatoms. The van der Waals surface area contributed by atoms with E-state index >= 15 is 0 Å². The molecule has 0 aliphatic carbocycles. The summed E-state index contributed by atoms with van der Waals surface area (Å²) < 4.78 is 0. The fourth-order valence-corrected chi connectivity index (χ4v) is 0.292. The summed E-state index contributed by atoms with van der Waals surface area (Å²) in [6, 6.07) is 0. The Morgan fingerprint density at radius 1 is 1.83 bits per heavy atom. The molecule has 0 fully saturated rings. The zero-order valence-corrected chi connectivity index (χ0v) is 4.40. The lowest BCUT2D eigenvalue weighted by atomic mass is 10.6. The quantitative estimate of drug-likeness (QED) is 0.386. The van der Waals surface area contributed by atoms with Crippen molar-refractivity contribution in [2.75, 3.05) is 0 Å². The summed E-state index contributed by atoms with van der Waals surface area (Å²) in [6.07, 6.45) is 3.04. The van der Waals surface area contributed by atoms with E-state index in [2.05, 4.69) is 12.6 Å². The fraction of sp³-hybridized carbons (Fsp3) is 0.250. The number of carbonyl (C=O) groups excluding carboxylic acids is 1. The van der Waals surface area contributed by atoms with Gasteiger partial charge in [0.25, 0.3) is 0 Å². The molecule has 0 aliphatic rings. The lowest BCUT2D eigenvalue weighted by Gasteiger charge is -1.67. The van der Waals surface area contributed by atoms with Crippen molar-refractivity contribution in [2.45, 2.75) is 6.92 Å². The minimum Gasteiger partial charge on any atom is -0.283 e. The SMILES string of the molecule is C/C=C/C(=O)S. The summed E-state index contributed by atoms with van der Waals surface area (Å²) in [6.45, 7) is 1.77. The highest BCUT2D eigenvalue weighted by Crippen LogP contribution is 1.77. The summed E-state index contributed by atoms with van der Waals surface area (Å²) >= 11 is 3.45. The molecule has 0 unspecified atom stereocenters. The molecule has 0 amide bonds. The average molecular weight is 102 g/mol. The molecule has 0 saturated carbocycles. The molecule has 34 valence electrons. The summed E-state index contributed by atoms with van der Waals surface area (Å²) in [5, 5.41) is -0.197. The molecule has 0 aromatic carbocycles. The van der Waals surface area contributed by atoms with Gasteiger partial charge in [0.1, 0.15) is 0 Å². The largest absolute Gasteiger partial charge is 0.283 e. The van der Waals surface area contributed by atoms with Crippen molar-refractivity contribution in [3.8, 4) is 0 Å². The first kappa shape index (κ1) is 5.76. The molecule has 0 atom stereocenters. The first-order valence-electron chi connectivity index (χ1n) is 1.63. The Morgan fingerprint density at radius 2 is 2.33 bits per heavy atom. The van der Waals surface area contributed by atoms with E-state index in [1.807, 2.05) is 0 Å². The van der Waals surface area contributed by atoms with E-state index < -0.39 is 0 Å². The van der Waals surface area contributed by atoms with Crippen LogP contribution in [0.2, 0.25) is 0 Å². The van der Waals surface area contributed by atoms with Crippen molar-refractivity contribution in [3.63, 3.8) is 0 Å². The molecule has 0 aromatic heterocycles. The minimum atomic E-state index is -0.197. The summed E-state index contributed by atoms with van der Waals surface area (Å²) in [7, 11) is 0. The molecule has 0 N–H and O–H groups in total. The Bertz CT molecular complexity index is 75.6. The number of rotatable bonds is 1. The normalized spacial score (nSPS) is 9.67. The summed E-state index contributed by atoms with van der Waals surface area (Å²) in [4.78, 5) is 9.82. The van der Waals surface area contributed by atoms with Crippen molar-refractivity contribution in [2.24, 2.45) is 0 Å². The van der Waals surface area contributed by atoms with Crippen LogP contribution >= 0.6 is 12.6 Å². The monoisotopic (exact) mass is 102 g/mol. The lowest BCUT2D eigenvalue weighted by molar-refractivity contribution is -0.106. The smallest absolute Gasteiger partial charge is 0.208 e. The Hall–Kier alpha value is -0.240. The minimum absolute atomic E-state index is 0.197. The summed E-state index contributed by atoms with van der Waals surface area (Å²) in [5.41, 5.74) is 0. The highest BCUT2D eigenvalue weighted by Gasteiger charge is 1.74. The molecular formula is C4H6OS. The van der Waals surface area contributed by atoms with Crippen LogP contribution in [0.15, 0.2) is 12.2 Å². The van der Waals surface area contributed by atoms with Gasteiger partial charge in [-0.25, -0.2) is 0 Å². The lowest BCUT2D eigenvalue weighted by Crippen LogP contribution is -1.70. The third-order valence-corrected chi connectivity index (χ3v) is 0.458. The fourth-order valence-electron chi connectivity index (χ4n) is 0.143. The number of hydrogen-bond donors (Lipinski definition) is 1. The van der Waals surface area contributed by atoms with E-state index in [0.29, 0.717) is 0 Å². The first-order chi connectivity index (χ1) is 2.77. The second-order valence-corrected chi connectivity index (χ2v) is 1.28. The van der Waals surface area contributed by atoms with Crippen LogP contribution in [0, 0.1) is 0 Å². The van der Waals surface area contributed by atoms with Gasteiger partial charge in [0.05, 0.1) is 0 Å². The van der Waals surface area contributed by atoms with Gasteiger partial charge in [-0.1, -0.05) is 6.08 Å². The van der Waals surface area contributed by atoms with Crippen LogP contribution in [-0.2, 0) is 4.79 Å². The van der Waals surface area contributed by atoms with Crippen LogP contribution in [0.5, 0.6) is 0 Å². The third-order valence-electron chi connectivity index (χ3n) is 0.309. The maximum Gasteiger partial charge on any atom is 0.208 e. The Morgan fingerprint density at radius 3 is 2.33 bits per heavy atom. The number of thiol groups is 1. The van der Waals surface area contributed by atoms with Crippen LogP contribution in [0.1, 0.15) is 6.92 Å². The summed E-state index contributed by atoms with van der Waals surface area (Å²) in [5.74, 6) is 0. The van der Waals surface area contributed by atoms with E-state index in [0.717, 1.165) is 0 Å². The molecule has 0 radical (unpaired) electrons. The van der Waals surface area contributed by atoms with Crippen LogP contribution < -0.4 is 0 Å². The predicted molar refractivity (Wildman–Crippen MR) is 28.8 cm³/mol. The second-order valence-electron chi connectivity index (χ2n) is 0.838. The van der Waals surface area contributed by atoms with E-state index in [1.54, 1.807) is 13.0 Å². The molecule has 0 aliphatic heterocycles. The van der Waals surface area contributed by atoms with Crippen molar-refractivity contribution >= 4 is 17.7 Å². The number of carbonyl (C=O) groups is 1. The molecule has 0 heterocycles. The van der Waals surface area contributed by atoms with E-state index in [1.165, 1.54) is 6.08 Å². The van der Waals surface area contributed by atoms with Gasteiger partial charge in [0.2, 0.25) is 5.12 Å². The van der Waals surface area contributed by atoms with Crippen molar-refractivity contribution in [1.82, 2.24) is 0 Å². The highest BCUT2D eigenvalue weighted by atomic mass is 32.1.